The number of hydrogen-bond acceptors (Lipinski definition) is 5. The lowest BCUT2D eigenvalue weighted by molar-refractivity contribution is 0.311. The summed E-state index contributed by atoms with van der Waals surface area (Å²) in [5.41, 5.74) is 4.23. The zero-order valence-electron chi connectivity index (χ0n) is 14.7. The molecule has 2 rings (SSSR count). The Morgan fingerprint density at radius 1 is 1.19 bits per heavy atom. The highest BCUT2D eigenvalue weighted by Crippen LogP contribution is 2.35. The largest absolute Gasteiger partial charge is 0.495 e. The van der Waals surface area contributed by atoms with Crippen molar-refractivity contribution in [3.63, 3.8) is 0 Å². The number of para-hydroxylation sites is 2. The second kappa shape index (κ2) is 9.84. The summed E-state index contributed by atoms with van der Waals surface area (Å²) >= 11 is 11.5. The molecule has 6 nitrogen and oxygen atoms in total. The van der Waals surface area contributed by atoms with Gasteiger partial charge in [0.2, 0.25) is 0 Å². The van der Waals surface area contributed by atoms with Crippen molar-refractivity contribution in [1.29, 1.82) is 0 Å². The molecule has 0 spiro atoms. The van der Waals surface area contributed by atoms with E-state index in [9.17, 15) is 0 Å². The van der Waals surface area contributed by atoms with Crippen LogP contribution in [0, 0.1) is 0 Å². The third kappa shape index (κ3) is 5.24. The summed E-state index contributed by atoms with van der Waals surface area (Å²) in [6.07, 6.45) is 1.58. The molecule has 138 valence electrons. The third-order valence-corrected chi connectivity index (χ3v) is 3.75. The van der Waals surface area contributed by atoms with E-state index in [1.54, 1.807) is 32.6 Å². The molecule has 0 saturated carbocycles. The van der Waals surface area contributed by atoms with E-state index in [0.29, 0.717) is 34.0 Å². The van der Waals surface area contributed by atoms with Gasteiger partial charge in [-0.1, -0.05) is 23.7 Å². The number of nitrogens with one attached hydrogen (secondary N) is 2. The minimum Gasteiger partial charge on any atom is -0.495 e. The molecule has 0 amide bonds. The van der Waals surface area contributed by atoms with Crippen molar-refractivity contribution >= 4 is 40.8 Å². The number of benzene rings is 2. The van der Waals surface area contributed by atoms with Gasteiger partial charge in [0.25, 0.3) is 0 Å². The van der Waals surface area contributed by atoms with E-state index in [0.717, 1.165) is 11.3 Å². The lowest BCUT2D eigenvalue weighted by atomic mass is 10.2. The van der Waals surface area contributed by atoms with E-state index in [4.69, 9.17) is 38.0 Å². The number of hydrogen-bond donors (Lipinski definition) is 2. The minimum atomic E-state index is 0.328. The highest BCUT2D eigenvalue weighted by atomic mass is 35.5. The van der Waals surface area contributed by atoms with Crippen molar-refractivity contribution < 1.29 is 14.2 Å². The predicted molar refractivity (Wildman–Crippen MR) is 109 cm³/mol. The molecule has 0 aliphatic rings. The Labute approximate surface area is 163 Å². The van der Waals surface area contributed by atoms with E-state index >= 15 is 0 Å². The fourth-order valence-electron chi connectivity index (χ4n) is 2.16. The first-order valence-corrected chi connectivity index (χ1v) is 8.61. The molecule has 0 atom stereocenters. The van der Waals surface area contributed by atoms with Crippen LogP contribution >= 0.6 is 23.8 Å². The Morgan fingerprint density at radius 3 is 2.62 bits per heavy atom. The number of nitrogens with zero attached hydrogens (tertiary/aromatic N) is 1. The number of methoxy groups -OCH3 is 2. The van der Waals surface area contributed by atoms with Crippen LogP contribution in [0.15, 0.2) is 41.5 Å². The number of thiocarbonyl (C=S) groups is 1. The van der Waals surface area contributed by atoms with E-state index < -0.39 is 0 Å². The van der Waals surface area contributed by atoms with Gasteiger partial charge in [0.1, 0.15) is 5.75 Å². The second-order valence-corrected chi connectivity index (χ2v) is 5.81. The molecule has 2 aromatic rings. The molecule has 0 aromatic heterocycles. The SMILES string of the molecule is CCOc1c(Cl)cc(/C=N\NC(=S)Nc2ccccc2OC)cc1OC. The Kier molecular flexibility index (Phi) is 7.50. The Morgan fingerprint density at radius 2 is 1.92 bits per heavy atom. The van der Waals surface area contributed by atoms with Crippen LogP contribution in [0.25, 0.3) is 0 Å². The minimum absolute atomic E-state index is 0.328. The van der Waals surface area contributed by atoms with Crippen molar-refractivity contribution in [2.45, 2.75) is 6.92 Å². The topological polar surface area (TPSA) is 64.1 Å². The molecule has 0 unspecified atom stereocenters. The van der Waals surface area contributed by atoms with Crippen molar-refractivity contribution in [3.05, 3.63) is 47.0 Å². The summed E-state index contributed by atoms with van der Waals surface area (Å²) in [5.74, 6) is 1.73. The smallest absolute Gasteiger partial charge is 0.191 e. The van der Waals surface area contributed by atoms with Gasteiger partial charge in [-0.2, -0.15) is 5.10 Å². The maximum absolute atomic E-state index is 6.24. The van der Waals surface area contributed by atoms with Crippen molar-refractivity contribution in [3.8, 4) is 17.2 Å². The molecule has 2 aromatic carbocycles. The van der Waals surface area contributed by atoms with Crippen molar-refractivity contribution in [2.24, 2.45) is 5.10 Å². The standard InChI is InChI=1S/C18H20ClN3O3S/c1-4-25-17-13(19)9-12(10-16(17)24-3)11-20-22-18(26)21-14-7-5-6-8-15(14)23-2/h5-11H,4H2,1-3H3,(H2,21,22,26)/b20-11-. The van der Waals surface area contributed by atoms with Gasteiger partial charge in [0, 0.05) is 0 Å². The summed E-state index contributed by atoms with van der Waals surface area (Å²) in [6.45, 7) is 2.37. The summed E-state index contributed by atoms with van der Waals surface area (Å²) in [6, 6.07) is 11.0. The zero-order chi connectivity index (χ0) is 18.9. The molecule has 0 radical (unpaired) electrons. The normalized spacial score (nSPS) is 10.5. The van der Waals surface area contributed by atoms with E-state index in [2.05, 4.69) is 15.8 Å². The van der Waals surface area contributed by atoms with E-state index in [1.807, 2.05) is 31.2 Å². The van der Waals surface area contributed by atoms with Gasteiger partial charge in [-0.25, -0.2) is 0 Å². The number of ether oxygens (including phenoxy) is 3. The molecule has 26 heavy (non-hydrogen) atoms. The molecule has 0 aliphatic carbocycles. The van der Waals surface area contributed by atoms with Gasteiger partial charge in [-0.3, -0.25) is 5.43 Å². The zero-order valence-corrected chi connectivity index (χ0v) is 16.3. The summed E-state index contributed by atoms with van der Waals surface area (Å²) in [7, 11) is 3.15. The van der Waals surface area contributed by atoms with Gasteiger partial charge >= 0.3 is 0 Å². The van der Waals surface area contributed by atoms with Crippen molar-refractivity contribution in [2.75, 3.05) is 26.1 Å². The first kappa shape index (κ1) is 19.8. The quantitative estimate of drug-likeness (QED) is 0.420. The molecular formula is C18H20ClN3O3S. The fourth-order valence-corrected chi connectivity index (χ4v) is 2.60. The Bertz CT molecular complexity index is 799. The van der Waals surface area contributed by atoms with Crippen LogP contribution in [-0.4, -0.2) is 32.2 Å². The second-order valence-electron chi connectivity index (χ2n) is 4.99. The molecular weight excluding hydrogens is 374 g/mol. The molecule has 8 heteroatoms. The molecule has 0 fully saturated rings. The van der Waals surface area contributed by atoms with Crippen LogP contribution in [0.2, 0.25) is 5.02 Å². The monoisotopic (exact) mass is 393 g/mol. The molecule has 0 heterocycles. The summed E-state index contributed by atoms with van der Waals surface area (Å²) in [5, 5.41) is 7.90. The number of anilines is 1. The number of rotatable bonds is 7. The molecule has 0 saturated heterocycles. The van der Waals surface area contributed by atoms with Gasteiger partial charge in [-0.15, -0.1) is 0 Å². The third-order valence-electron chi connectivity index (χ3n) is 3.28. The van der Waals surface area contributed by atoms with Crippen molar-refractivity contribution in [1.82, 2.24) is 5.43 Å². The predicted octanol–water partition coefficient (Wildman–Crippen LogP) is 4.08. The molecule has 0 aliphatic heterocycles. The van der Waals surface area contributed by atoms with Gasteiger partial charge in [0.05, 0.1) is 37.8 Å². The summed E-state index contributed by atoms with van der Waals surface area (Å²) < 4.78 is 16.1. The fraction of sp³-hybridized carbons (Fsp3) is 0.222. The van der Waals surface area contributed by atoms with Crippen LogP contribution < -0.4 is 25.0 Å². The maximum atomic E-state index is 6.24. The number of hydrazone groups is 1. The Hall–Kier alpha value is -2.51. The van der Waals surface area contributed by atoms with Gasteiger partial charge < -0.3 is 19.5 Å². The Balaban J connectivity index is 2.03. The van der Waals surface area contributed by atoms with Crippen LogP contribution in [0.4, 0.5) is 5.69 Å². The highest BCUT2D eigenvalue weighted by Gasteiger charge is 2.11. The highest BCUT2D eigenvalue weighted by molar-refractivity contribution is 7.80. The van der Waals surface area contributed by atoms with Gasteiger partial charge in [-0.05, 0) is 49.0 Å². The average Bonchev–Trinajstić information content (AvgIpc) is 2.64. The van der Waals surface area contributed by atoms with E-state index in [1.165, 1.54) is 0 Å². The van der Waals surface area contributed by atoms with E-state index in [-0.39, 0.29) is 0 Å². The van der Waals surface area contributed by atoms with Crippen LogP contribution in [0.5, 0.6) is 17.2 Å². The molecule has 0 bridgehead atoms. The first-order chi connectivity index (χ1) is 12.6. The lowest BCUT2D eigenvalue weighted by Crippen LogP contribution is -2.24. The first-order valence-electron chi connectivity index (χ1n) is 7.82. The lowest BCUT2D eigenvalue weighted by Gasteiger charge is -2.12. The maximum Gasteiger partial charge on any atom is 0.191 e. The van der Waals surface area contributed by atoms with Crippen LogP contribution in [0.3, 0.4) is 0 Å². The molecule has 2 N–H and O–H groups in total. The summed E-state index contributed by atoms with van der Waals surface area (Å²) in [4.78, 5) is 0. The van der Waals surface area contributed by atoms with Crippen LogP contribution in [0.1, 0.15) is 12.5 Å². The van der Waals surface area contributed by atoms with Gasteiger partial charge in [0.15, 0.2) is 16.6 Å². The average molecular weight is 394 g/mol. The van der Waals surface area contributed by atoms with Crippen LogP contribution in [-0.2, 0) is 0 Å². The number of halogens is 1.